The summed E-state index contributed by atoms with van der Waals surface area (Å²) in [6, 6.07) is 7.28. The lowest BCUT2D eigenvalue weighted by atomic mass is 10.0. The van der Waals surface area contributed by atoms with Gasteiger partial charge in [-0.2, -0.15) is 0 Å². The van der Waals surface area contributed by atoms with Gasteiger partial charge in [-0.15, -0.1) is 0 Å². The molecule has 0 radical (unpaired) electrons. The summed E-state index contributed by atoms with van der Waals surface area (Å²) in [5.41, 5.74) is 0.863. The van der Waals surface area contributed by atoms with E-state index < -0.39 is 12.1 Å². The van der Waals surface area contributed by atoms with E-state index in [2.05, 4.69) is 13.8 Å². The van der Waals surface area contributed by atoms with E-state index in [-0.39, 0.29) is 6.09 Å². The van der Waals surface area contributed by atoms with Crippen LogP contribution >= 0.6 is 0 Å². The fraction of sp³-hybridized carbons (Fsp3) is 0.652. The van der Waals surface area contributed by atoms with Crippen molar-refractivity contribution < 1.29 is 28.9 Å². The zero-order chi connectivity index (χ0) is 22.4. The van der Waals surface area contributed by atoms with Crippen LogP contribution in [0.25, 0.3) is 0 Å². The van der Waals surface area contributed by atoms with E-state index >= 15 is 0 Å². The molecule has 0 saturated heterocycles. The number of ether oxygens (including phenoxy) is 3. The molecule has 1 N–H and O–H groups in total. The number of carboxylic acids is 1. The van der Waals surface area contributed by atoms with E-state index in [0.717, 1.165) is 24.8 Å². The Morgan fingerprint density at radius 1 is 1.03 bits per heavy atom. The summed E-state index contributed by atoms with van der Waals surface area (Å²) in [5.74, 6) is 0.141. The second-order valence-electron chi connectivity index (χ2n) is 7.22. The third kappa shape index (κ3) is 9.48. The fourth-order valence-corrected chi connectivity index (χ4v) is 3.02. The van der Waals surface area contributed by atoms with Crippen molar-refractivity contribution in [2.24, 2.45) is 5.92 Å². The molecule has 0 aliphatic carbocycles. The lowest BCUT2D eigenvalue weighted by Crippen LogP contribution is -2.38. The Hall–Kier alpha value is -2.28. The predicted molar refractivity (Wildman–Crippen MR) is 116 cm³/mol. The van der Waals surface area contributed by atoms with Gasteiger partial charge in [-0.1, -0.05) is 45.7 Å². The molecule has 30 heavy (non-hydrogen) atoms. The first-order valence-corrected chi connectivity index (χ1v) is 10.9. The number of carbonyl (C=O) groups excluding carboxylic acids is 1. The zero-order valence-corrected chi connectivity index (χ0v) is 18.8. The molecule has 1 amide bonds. The van der Waals surface area contributed by atoms with Crippen LogP contribution in [0.15, 0.2) is 24.3 Å². The first-order valence-electron chi connectivity index (χ1n) is 10.9. The third-order valence-corrected chi connectivity index (χ3v) is 4.94. The maximum absolute atomic E-state index is 12.4. The van der Waals surface area contributed by atoms with Crippen LogP contribution in [-0.2, 0) is 20.7 Å². The van der Waals surface area contributed by atoms with E-state index in [0.29, 0.717) is 51.0 Å². The van der Waals surface area contributed by atoms with Crippen LogP contribution in [0.5, 0.6) is 5.75 Å². The minimum Gasteiger partial charge on any atom is -0.492 e. The van der Waals surface area contributed by atoms with Crippen molar-refractivity contribution in [3.05, 3.63) is 29.8 Å². The van der Waals surface area contributed by atoms with Crippen LogP contribution in [0.2, 0.25) is 0 Å². The molecular formula is C23H37NO6. The lowest BCUT2D eigenvalue weighted by molar-refractivity contribution is -0.149. The number of carbonyl (C=O) groups is 2. The van der Waals surface area contributed by atoms with Gasteiger partial charge in [-0.25, -0.2) is 9.59 Å². The number of amides is 1. The van der Waals surface area contributed by atoms with E-state index in [4.69, 9.17) is 14.2 Å². The Bertz CT molecular complexity index is 615. The SMILES string of the molecule is CCCOC(=O)N(CCOc1ccc(CC(OCC)C(=O)O)cc1)CC(CC)CC. The standard InChI is InChI=1S/C23H37NO6/c1-5-14-30-23(27)24(17-18(6-2)7-3)13-15-29-20-11-9-19(10-12-20)16-21(22(25)26)28-8-4/h9-12,18,21H,5-8,13-17H2,1-4H3,(H,25,26). The maximum Gasteiger partial charge on any atom is 0.409 e. The van der Waals surface area contributed by atoms with Crippen molar-refractivity contribution in [3.63, 3.8) is 0 Å². The molecule has 0 heterocycles. The van der Waals surface area contributed by atoms with Gasteiger partial charge in [0.15, 0.2) is 6.10 Å². The summed E-state index contributed by atoms with van der Waals surface area (Å²) in [4.78, 5) is 25.3. The smallest absolute Gasteiger partial charge is 0.409 e. The van der Waals surface area contributed by atoms with Crippen LogP contribution in [0.4, 0.5) is 4.79 Å². The monoisotopic (exact) mass is 423 g/mol. The molecule has 0 saturated carbocycles. The normalized spacial score (nSPS) is 11.9. The molecule has 0 spiro atoms. The van der Waals surface area contributed by atoms with Gasteiger partial charge in [0.1, 0.15) is 12.4 Å². The molecule has 0 aliphatic rings. The molecule has 0 bridgehead atoms. The number of nitrogens with zero attached hydrogens (tertiary/aromatic N) is 1. The van der Waals surface area contributed by atoms with Gasteiger partial charge in [0.2, 0.25) is 0 Å². The quantitative estimate of drug-likeness (QED) is 0.450. The molecule has 1 aromatic rings. The van der Waals surface area contributed by atoms with Crippen molar-refractivity contribution in [2.75, 3.05) is 32.9 Å². The van der Waals surface area contributed by atoms with E-state index in [1.54, 1.807) is 24.0 Å². The van der Waals surface area contributed by atoms with Gasteiger partial charge in [-0.05, 0) is 37.0 Å². The predicted octanol–water partition coefficient (Wildman–Crippen LogP) is 4.38. The molecule has 170 valence electrons. The summed E-state index contributed by atoms with van der Waals surface area (Å²) in [6.45, 7) is 10.2. The highest BCUT2D eigenvalue weighted by Gasteiger charge is 2.19. The molecule has 7 nitrogen and oxygen atoms in total. The molecule has 1 unspecified atom stereocenters. The molecule has 0 fully saturated rings. The van der Waals surface area contributed by atoms with Gasteiger partial charge in [0, 0.05) is 19.6 Å². The topological polar surface area (TPSA) is 85.3 Å². The number of hydrogen-bond acceptors (Lipinski definition) is 5. The third-order valence-electron chi connectivity index (χ3n) is 4.94. The van der Waals surface area contributed by atoms with Crippen molar-refractivity contribution in [1.82, 2.24) is 4.90 Å². The second-order valence-corrected chi connectivity index (χ2v) is 7.22. The molecular weight excluding hydrogens is 386 g/mol. The summed E-state index contributed by atoms with van der Waals surface area (Å²) in [7, 11) is 0. The Morgan fingerprint density at radius 2 is 1.70 bits per heavy atom. The highest BCUT2D eigenvalue weighted by Crippen LogP contribution is 2.15. The number of rotatable bonds is 15. The molecule has 1 rings (SSSR count). The maximum atomic E-state index is 12.4. The average molecular weight is 424 g/mol. The first-order chi connectivity index (χ1) is 14.4. The summed E-state index contributed by atoms with van der Waals surface area (Å²) in [5, 5.41) is 9.19. The minimum absolute atomic E-state index is 0.293. The lowest BCUT2D eigenvalue weighted by Gasteiger charge is -2.26. The average Bonchev–Trinajstić information content (AvgIpc) is 2.75. The molecule has 0 aliphatic heterocycles. The van der Waals surface area contributed by atoms with Gasteiger partial charge in [0.25, 0.3) is 0 Å². The van der Waals surface area contributed by atoms with Crippen LogP contribution in [0.1, 0.15) is 52.5 Å². The first kappa shape index (κ1) is 25.8. The van der Waals surface area contributed by atoms with E-state index in [9.17, 15) is 14.7 Å². The number of benzene rings is 1. The Morgan fingerprint density at radius 3 is 2.23 bits per heavy atom. The van der Waals surface area contributed by atoms with Crippen molar-refractivity contribution in [1.29, 1.82) is 0 Å². The molecule has 1 aromatic carbocycles. The number of aliphatic carboxylic acids is 1. The van der Waals surface area contributed by atoms with Gasteiger partial charge >= 0.3 is 12.1 Å². The highest BCUT2D eigenvalue weighted by atomic mass is 16.6. The van der Waals surface area contributed by atoms with E-state index in [1.165, 1.54) is 0 Å². The Balaban J connectivity index is 2.60. The van der Waals surface area contributed by atoms with Crippen molar-refractivity contribution in [2.45, 2.75) is 59.5 Å². The second kappa shape index (κ2) is 14.7. The molecule has 0 aromatic heterocycles. The number of carboxylic acid groups (broad SMARTS) is 1. The summed E-state index contributed by atoms with van der Waals surface area (Å²) >= 11 is 0. The molecule has 1 atom stereocenters. The Labute approximate surface area is 180 Å². The van der Waals surface area contributed by atoms with Crippen LogP contribution in [-0.4, -0.2) is 61.1 Å². The largest absolute Gasteiger partial charge is 0.492 e. The van der Waals surface area contributed by atoms with Crippen molar-refractivity contribution in [3.8, 4) is 5.75 Å². The highest BCUT2D eigenvalue weighted by molar-refractivity contribution is 5.72. The number of hydrogen-bond donors (Lipinski definition) is 1. The van der Waals surface area contributed by atoms with Crippen LogP contribution in [0, 0.1) is 5.92 Å². The molecule has 7 heteroatoms. The Kier molecular flexibility index (Phi) is 12.6. The fourth-order valence-electron chi connectivity index (χ4n) is 3.02. The van der Waals surface area contributed by atoms with Gasteiger partial charge in [-0.3, -0.25) is 0 Å². The van der Waals surface area contributed by atoms with Gasteiger partial charge in [0.05, 0.1) is 13.2 Å². The van der Waals surface area contributed by atoms with Crippen molar-refractivity contribution >= 4 is 12.1 Å². The van der Waals surface area contributed by atoms with Gasteiger partial charge < -0.3 is 24.2 Å². The zero-order valence-electron chi connectivity index (χ0n) is 18.8. The summed E-state index contributed by atoms with van der Waals surface area (Å²) in [6.07, 6.45) is 1.97. The van der Waals surface area contributed by atoms with Crippen LogP contribution < -0.4 is 4.74 Å². The van der Waals surface area contributed by atoms with E-state index in [1.807, 2.05) is 19.1 Å². The van der Waals surface area contributed by atoms with Crippen LogP contribution in [0.3, 0.4) is 0 Å². The minimum atomic E-state index is -0.968. The summed E-state index contributed by atoms with van der Waals surface area (Å²) < 4.78 is 16.4.